The molecule has 0 radical (unpaired) electrons. The van der Waals surface area contributed by atoms with Gasteiger partial charge in [0.15, 0.2) is 0 Å². The molecule has 1 heterocycles. The van der Waals surface area contributed by atoms with Crippen LogP contribution in [0.1, 0.15) is 31.9 Å². The van der Waals surface area contributed by atoms with E-state index in [0.717, 1.165) is 16.8 Å². The highest BCUT2D eigenvalue weighted by molar-refractivity contribution is 9.10. The van der Waals surface area contributed by atoms with E-state index in [1.54, 1.807) is 0 Å². The van der Waals surface area contributed by atoms with E-state index in [4.69, 9.17) is 4.74 Å². The largest absolute Gasteiger partial charge is 0.495 e. The van der Waals surface area contributed by atoms with Crippen molar-refractivity contribution in [1.82, 2.24) is 9.55 Å². The van der Waals surface area contributed by atoms with Crippen molar-refractivity contribution in [2.45, 2.75) is 32.4 Å². The Kier molecular flexibility index (Phi) is 4.91. The second-order valence-electron chi connectivity index (χ2n) is 6.39. The monoisotopic (exact) mass is 420 g/mol. The number of nitrogens with one attached hydrogen (secondary N) is 1. The molecule has 1 aromatic carbocycles. The molecule has 0 spiro atoms. The highest BCUT2D eigenvalue weighted by Gasteiger charge is 2.40. The maximum absolute atomic E-state index is 13.7. The van der Waals surface area contributed by atoms with Gasteiger partial charge in [-0.25, -0.2) is 4.79 Å². The van der Waals surface area contributed by atoms with Crippen LogP contribution in [0.5, 0.6) is 5.75 Å². The first-order chi connectivity index (χ1) is 11.4. The minimum Gasteiger partial charge on any atom is -0.495 e. The third-order valence-corrected chi connectivity index (χ3v) is 4.34. The number of H-pyrrole nitrogens is 1. The predicted molar refractivity (Wildman–Crippen MR) is 90.6 cm³/mol. The smallest absolute Gasteiger partial charge is 0.419 e. The zero-order chi connectivity index (χ0) is 19.2. The molecule has 2 aromatic rings. The average molecular weight is 421 g/mol. The molecule has 0 amide bonds. The van der Waals surface area contributed by atoms with Crippen molar-refractivity contribution in [3.8, 4) is 11.4 Å². The van der Waals surface area contributed by atoms with Gasteiger partial charge < -0.3 is 4.74 Å². The molecule has 0 atom stereocenters. The number of methoxy groups -OCH3 is 1. The number of hydrogen-bond acceptors (Lipinski definition) is 3. The lowest BCUT2D eigenvalue weighted by molar-refractivity contribution is -0.138. The van der Waals surface area contributed by atoms with Crippen LogP contribution in [0.15, 0.2) is 32.4 Å². The molecule has 0 saturated heterocycles. The van der Waals surface area contributed by atoms with E-state index in [1.165, 1.54) is 13.2 Å². The Morgan fingerprint density at radius 3 is 2.24 bits per heavy atom. The van der Waals surface area contributed by atoms with Gasteiger partial charge in [0.25, 0.3) is 5.56 Å². The van der Waals surface area contributed by atoms with Gasteiger partial charge in [0.05, 0.1) is 22.8 Å². The van der Waals surface area contributed by atoms with Crippen LogP contribution in [0.2, 0.25) is 0 Å². The molecule has 1 N–H and O–H groups in total. The first kappa shape index (κ1) is 19.3. The van der Waals surface area contributed by atoms with Gasteiger partial charge in [-0.15, -0.1) is 0 Å². The first-order valence-corrected chi connectivity index (χ1v) is 7.97. The molecule has 0 aliphatic rings. The van der Waals surface area contributed by atoms with E-state index >= 15 is 0 Å². The second-order valence-corrected chi connectivity index (χ2v) is 7.19. The van der Waals surface area contributed by atoms with E-state index in [-0.39, 0.29) is 10.2 Å². The highest BCUT2D eigenvalue weighted by Crippen LogP contribution is 2.47. The number of nitrogens with zero attached hydrogens (tertiary/aromatic N) is 1. The molecule has 2 rings (SSSR count). The van der Waals surface area contributed by atoms with Gasteiger partial charge in [-0.05, 0) is 27.4 Å². The molecular formula is C16H16BrF3N2O3. The van der Waals surface area contributed by atoms with E-state index in [9.17, 15) is 22.8 Å². The zero-order valence-corrected chi connectivity index (χ0v) is 15.5. The van der Waals surface area contributed by atoms with Crippen molar-refractivity contribution < 1.29 is 17.9 Å². The van der Waals surface area contributed by atoms with Crippen molar-refractivity contribution in [3.63, 3.8) is 0 Å². The standard InChI is InChI=1S/C16H16BrF3N2O3/c1-15(2,3)8-7-9(22-6-5-10(23)21-14(22)24)11(16(18,19)20)12(17)13(8)25-4/h5-7H,1-4H3,(H,21,23,24). The summed E-state index contributed by atoms with van der Waals surface area (Å²) < 4.78 is 46.7. The molecule has 0 aliphatic carbocycles. The van der Waals surface area contributed by atoms with Gasteiger partial charge in [0, 0.05) is 17.8 Å². The maximum atomic E-state index is 13.7. The second kappa shape index (κ2) is 6.36. The summed E-state index contributed by atoms with van der Waals surface area (Å²) in [6.45, 7) is 5.43. The van der Waals surface area contributed by atoms with Gasteiger partial charge in [-0.1, -0.05) is 20.8 Å². The van der Waals surface area contributed by atoms with Crippen LogP contribution in [0.4, 0.5) is 13.2 Å². The lowest BCUT2D eigenvalue weighted by atomic mass is 9.85. The number of hydrogen-bond donors (Lipinski definition) is 1. The maximum Gasteiger partial charge on any atom is 0.419 e. The fourth-order valence-corrected chi connectivity index (χ4v) is 3.25. The van der Waals surface area contributed by atoms with Crippen molar-refractivity contribution in [1.29, 1.82) is 0 Å². The van der Waals surface area contributed by atoms with Gasteiger partial charge >= 0.3 is 11.9 Å². The molecule has 1 aromatic heterocycles. The van der Waals surface area contributed by atoms with Crippen LogP contribution in [0.25, 0.3) is 5.69 Å². The number of benzene rings is 1. The SMILES string of the molecule is COc1c(C(C)(C)C)cc(-n2ccc(=O)[nH]c2=O)c(C(F)(F)F)c1Br. The fourth-order valence-electron chi connectivity index (χ4n) is 2.44. The highest BCUT2D eigenvalue weighted by atomic mass is 79.9. The summed E-state index contributed by atoms with van der Waals surface area (Å²) in [4.78, 5) is 25.2. The quantitative estimate of drug-likeness (QED) is 0.806. The summed E-state index contributed by atoms with van der Waals surface area (Å²) >= 11 is 2.98. The first-order valence-electron chi connectivity index (χ1n) is 7.18. The molecule has 0 unspecified atom stereocenters. The Morgan fingerprint density at radius 1 is 1.20 bits per heavy atom. The average Bonchev–Trinajstić information content (AvgIpc) is 2.43. The van der Waals surface area contributed by atoms with Gasteiger partial charge in [0.2, 0.25) is 0 Å². The van der Waals surface area contributed by atoms with E-state index in [1.807, 2.05) is 25.8 Å². The Balaban J connectivity index is 3.02. The van der Waals surface area contributed by atoms with Crippen molar-refractivity contribution >= 4 is 15.9 Å². The Labute approximate surface area is 149 Å². The summed E-state index contributed by atoms with van der Waals surface area (Å²) in [5.74, 6) is 0.0426. The molecule has 0 fully saturated rings. The van der Waals surface area contributed by atoms with Crippen molar-refractivity contribution in [3.05, 3.63) is 54.8 Å². The number of aromatic amines is 1. The number of rotatable bonds is 2. The van der Waals surface area contributed by atoms with Crippen LogP contribution in [0, 0.1) is 0 Å². The topological polar surface area (TPSA) is 64.1 Å². The molecule has 0 aliphatic heterocycles. The summed E-state index contributed by atoms with van der Waals surface area (Å²) in [6.07, 6.45) is -3.75. The molecule has 5 nitrogen and oxygen atoms in total. The Morgan fingerprint density at radius 2 is 1.80 bits per heavy atom. The Hall–Kier alpha value is -2.03. The minimum atomic E-state index is -4.76. The lowest BCUT2D eigenvalue weighted by Crippen LogP contribution is -2.30. The van der Waals surface area contributed by atoms with E-state index in [2.05, 4.69) is 15.9 Å². The molecule has 136 valence electrons. The molecule has 0 bridgehead atoms. The minimum absolute atomic E-state index is 0.0426. The number of ether oxygens (including phenoxy) is 1. The summed E-state index contributed by atoms with van der Waals surface area (Å²) in [7, 11) is 1.28. The van der Waals surface area contributed by atoms with E-state index < -0.39 is 34.1 Å². The lowest BCUT2D eigenvalue weighted by Gasteiger charge is -2.27. The number of alkyl halides is 3. The fraction of sp³-hybridized carbons (Fsp3) is 0.375. The van der Waals surface area contributed by atoms with E-state index in [0.29, 0.717) is 5.56 Å². The molecule has 0 saturated carbocycles. The van der Waals surface area contributed by atoms with Gasteiger partial charge in [0.1, 0.15) is 5.75 Å². The van der Waals surface area contributed by atoms with Crippen LogP contribution in [0.3, 0.4) is 0 Å². The van der Waals surface area contributed by atoms with Crippen molar-refractivity contribution in [2.24, 2.45) is 0 Å². The zero-order valence-electron chi connectivity index (χ0n) is 13.9. The van der Waals surface area contributed by atoms with Crippen LogP contribution in [-0.4, -0.2) is 16.7 Å². The molecule has 9 heteroatoms. The summed E-state index contributed by atoms with van der Waals surface area (Å²) in [5, 5.41) is 0. The van der Waals surface area contributed by atoms with Gasteiger partial charge in [-0.2, -0.15) is 13.2 Å². The third kappa shape index (κ3) is 3.65. The third-order valence-electron chi connectivity index (χ3n) is 3.58. The normalized spacial score (nSPS) is 12.3. The molecule has 25 heavy (non-hydrogen) atoms. The van der Waals surface area contributed by atoms with Crippen molar-refractivity contribution in [2.75, 3.05) is 7.11 Å². The van der Waals surface area contributed by atoms with Gasteiger partial charge in [-0.3, -0.25) is 14.3 Å². The van der Waals surface area contributed by atoms with Crippen LogP contribution < -0.4 is 16.0 Å². The molecular weight excluding hydrogens is 405 g/mol. The number of halogens is 4. The Bertz CT molecular complexity index is 924. The van der Waals surface area contributed by atoms with Crippen LogP contribution in [-0.2, 0) is 11.6 Å². The summed E-state index contributed by atoms with van der Waals surface area (Å²) in [6, 6.07) is 2.24. The number of aromatic nitrogens is 2. The van der Waals surface area contributed by atoms with Crippen LogP contribution >= 0.6 is 15.9 Å². The predicted octanol–water partition coefficient (Wildman–Crippen LogP) is 3.61. The summed E-state index contributed by atoms with van der Waals surface area (Å²) in [5.41, 5.74) is -3.20.